The second-order valence-corrected chi connectivity index (χ2v) is 10.8. The maximum atomic E-state index is 13.2. The van der Waals surface area contributed by atoms with E-state index in [4.69, 9.17) is 15.5 Å². The number of fused-ring (bicyclic) bond motifs is 1. The summed E-state index contributed by atoms with van der Waals surface area (Å²) >= 11 is 1.40. The molecule has 0 bridgehead atoms. The number of nitrogens with zero attached hydrogens (tertiary/aromatic N) is 2. The van der Waals surface area contributed by atoms with E-state index in [0.29, 0.717) is 23.6 Å². The summed E-state index contributed by atoms with van der Waals surface area (Å²) in [7, 11) is -3.84. The van der Waals surface area contributed by atoms with Crippen LogP contribution < -0.4 is 15.2 Å². The van der Waals surface area contributed by atoms with Crippen molar-refractivity contribution in [3.8, 4) is 5.75 Å². The Hall–Kier alpha value is -3.80. The minimum Gasteiger partial charge on any atom is -0.494 e. The number of rotatable bonds is 10. The molecule has 0 saturated carbocycles. The van der Waals surface area contributed by atoms with E-state index < -0.39 is 22.0 Å². The van der Waals surface area contributed by atoms with E-state index in [-0.39, 0.29) is 10.7 Å². The fraction of sp³-hybridized carbons (Fsp3) is 0.192. The molecule has 11 heteroatoms. The summed E-state index contributed by atoms with van der Waals surface area (Å²) in [6, 6.07) is 20.2. The van der Waals surface area contributed by atoms with Crippen molar-refractivity contribution >= 4 is 43.4 Å². The van der Waals surface area contributed by atoms with Crippen LogP contribution in [0.1, 0.15) is 36.0 Å². The number of carbonyl (C=O) groups is 1. The number of ether oxygens (including phenoxy) is 1. The van der Waals surface area contributed by atoms with Gasteiger partial charge in [-0.15, -0.1) is 11.3 Å². The number of aromatic nitrogens is 1. The van der Waals surface area contributed by atoms with E-state index in [1.54, 1.807) is 48.5 Å². The summed E-state index contributed by atoms with van der Waals surface area (Å²) < 4.78 is 35.8. The molecule has 9 nitrogen and oxygen atoms in total. The lowest BCUT2D eigenvalue weighted by molar-refractivity contribution is -0.140. The standard InChI is InChI=1S/C26H26N4O5S2/c1-3-34-20-12-13-22-24(16-20)36-26(28-22)23(30-37(32,33)21-10-5-4-6-11-21)15-18-8-7-9-19(14-18)25(27)29-35-17(2)31/h4-14,16,23,30H,3,15H2,1-2H3,(H2,27,29). The third-order valence-electron chi connectivity index (χ3n) is 5.27. The molecule has 3 aromatic carbocycles. The molecule has 192 valence electrons. The van der Waals surface area contributed by atoms with Crippen LogP contribution in [0.5, 0.6) is 5.75 Å². The van der Waals surface area contributed by atoms with Crippen molar-refractivity contribution in [3.05, 3.63) is 88.9 Å². The first-order valence-corrected chi connectivity index (χ1v) is 13.8. The normalized spacial score (nSPS) is 12.9. The van der Waals surface area contributed by atoms with Crippen LogP contribution in [0.2, 0.25) is 0 Å². The van der Waals surface area contributed by atoms with Crippen molar-refractivity contribution < 1.29 is 22.8 Å². The van der Waals surface area contributed by atoms with Gasteiger partial charge in [-0.1, -0.05) is 41.6 Å². The van der Waals surface area contributed by atoms with Gasteiger partial charge >= 0.3 is 5.97 Å². The van der Waals surface area contributed by atoms with Crippen molar-refractivity contribution in [2.45, 2.75) is 31.2 Å². The predicted octanol–water partition coefficient (Wildman–Crippen LogP) is 4.14. The third kappa shape index (κ3) is 6.70. The zero-order chi connectivity index (χ0) is 26.4. The molecule has 0 aliphatic heterocycles. The van der Waals surface area contributed by atoms with E-state index in [1.807, 2.05) is 31.2 Å². The Balaban J connectivity index is 1.70. The van der Waals surface area contributed by atoms with E-state index in [0.717, 1.165) is 21.5 Å². The van der Waals surface area contributed by atoms with Crippen LogP contribution in [0, 0.1) is 0 Å². The number of benzene rings is 3. The average molecular weight is 539 g/mol. The molecule has 0 fully saturated rings. The lowest BCUT2D eigenvalue weighted by Crippen LogP contribution is -2.30. The first-order chi connectivity index (χ1) is 17.7. The molecule has 1 atom stereocenters. The van der Waals surface area contributed by atoms with Crippen molar-refractivity contribution in [3.63, 3.8) is 0 Å². The highest BCUT2D eigenvalue weighted by molar-refractivity contribution is 7.89. The highest BCUT2D eigenvalue weighted by Crippen LogP contribution is 2.32. The molecule has 3 N–H and O–H groups in total. The largest absolute Gasteiger partial charge is 0.494 e. The van der Waals surface area contributed by atoms with Gasteiger partial charge < -0.3 is 15.3 Å². The van der Waals surface area contributed by atoms with Gasteiger partial charge in [0.25, 0.3) is 0 Å². The Morgan fingerprint density at radius 3 is 2.62 bits per heavy atom. The molecule has 4 aromatic rings. The smallest absolute Gasteiger partial charge is 0.332 e. The number of thiazole rings is 1. The van der Waals surface area contributed by atoms with Crippen LogP contribution in [-0.2, 0) is 26.1 Å². The molecule has 0 saturated heterocycles. The van der Waals surface area contributed by atoms with Crippen LogP contribution in [0.3, 0.4) is 0 Å². The zero-order valence-corrected chi connectivity index (χ0v) is 21.9. The van der Waals surface area contributed by atoms with Gasteiger partial charge in [0.15, 0.2) is 5.84 Å². The fourth-order valence-corrected chi connectivity index (χ4v) is 5.96. The number of sulfonamides is 1. The van der Waals surface area contributed by atoms with Crippen LogP contribution in [0.15, 0.2) is 82.8 Å². The molecule has 0 aliphatic carbocycles. The molecular weight excluding hydrogens is 512 g/mol. The summed E-state index contributed by atoms with van der Waals surface area (Å²) in [5.41, 5.74) is 8.03. The summed E-state index contributed by atoms with van der Waals surface area (Å²) in [5.74, 6) is 0.168. The van der Waals surface area contributed by atoms with E-state index in [2.05, 4.69) is 14.7 Å². The number of nitrogens with one attached hydrogen (secondary N) is 1. The zero-order valence-electron chi connectivity index (χ0n) is 20.2. The Morgan fingerprint density at radius 1 is 1.11 bits per heavy atom. The molecule has 1 unspecified atom stereocenters. The summed E-state index contributed by atoms with van der Waals surface area (Å²) in [4.78, 5) is 20.6. The number of hydrogen-bond acceptors (Lipinski definition) is 8. The molecule has 1 aromatic heterocycles. The van der Waals surface area contributed by atoms with Crippen LogP contribution in [0.25, 0.3) is 10.2 Å². The Kier molecular flexibility index (Phi) is 8.17. The maximum absolute atomic E-state index is 13.2. The van der Waals surface area contributed by atoms with E-state index in [1.165, 1.54) is 18.3 Å². The minimum absolute atomic E-state index is 0.0295. The fourth-order valence-electron chi connectivity index (χ4n) is 3.62. The predicted molar refractivity (Wildman–Crippen MR) is 143 cm³/mol. The molecule has 0 spiro atoms. The number of hydrogen-bond donors (Lipinski definition) is 2. The molecule has 0 amide bonds. The van der Waals surface area contributed by atoms with Crippen molar-refractivity contribution in [2.24, 2.45) is 10.9 Å². The first-order valence-electron chi connectivity index (χ1n) is 11.5. The molecule has 0 radical (unpaired) electrons. The number of carbonyl (C=O) groups excluding carboxylic acids is 1. The molecular formula is C26H26N4O5S2. The van der Waals surface area contributed by atoms with Gasteiger partial charge in [0.2, 0.25) is 10.0 Å². The average Bonchev–Trinajstić information content (AvgIpc) is 3.31. The van der Waals surface area contributed by atoms with Gasteiger partial charge in [0.05, 0.1) is 27.8 Å². The number of nitrogens with two attached hydrogens (primary N) is 1. The Bertz CT molecular complexity index is 1540. The summed E-state index contributed by atoms with van der Waals surface area (Å²) in [5, 5.41) is 4.24. The minimum atomic E-state index is -3.84. The van der Waals surface area contributed by atoms with Gasteiger partial charge in [0.1, 0.15) is 10.8 Å². The SMILES string of the molecule is CCOc1ccc2nc(C(Cc3cccc(C(N)=NOC(C)=O)c3)NS(=O)(=O)c3ccccc3)sc2c1. The monoisotopic (exact) mass is 538 g/mol. The van der Waals surface area contributed by atoms with Crippen LogP contribution >= 0.6 is 11.3 Å². The topological polar surface area (TPSA) is 133 Å². The van der Waals surface area contributed by atoms with E-state index >= 15 is 0 Å². The highest BCUT2D eigenvalue weighted by Gasteiger charge is 2.25. The van der Waals surface area contributed by atoms with Crippen molar-refractivity contribution in [1.29, 1.82) is 0 Å². The second-order valence-electron chi connectivity index (χ2n) is 8.07. The first kappa shape index (κ1) is 26.3. The second kappa shape index (κ2) is 11.5. The Labute approximate surface area is 219 Å². The number of amidine groups is 1. The Morgan fingerprint density at radius 2 is 1.89 bits per heavy atom. The summed E-state index contributed by atoms with van der Waals surface area (Å²) in [6.45, 7) is 3.68. The lowest BCUT2D eigenvalue weighted by atomic mass is 10.0. The molecule has 4 rings (SSSR count). The van der Waals surface area contributed by atoms with Gasteiger partial charge in [-0.25, -0.2) is 22.9 Å². The number of oxime groups is 1. The molecule has 0 aliphatic rings. The quantitative estimate of drug-likeness (QED) is 0.134. The van der Waals surface area contributed by atoms with Gasteiger partial charge in [-0.3, -0.25) is 0 Å². The molecule has 37 heavy (non-hydrogen) atoms. The van der Waals surface area contributed by atoms with E-state index in [9.17, 15) is 13.2 Å². The van der Waals surface area contributed by atoms with Gasteiger partial charge in [-0.2, -0.15) is 0 Å². The van der Waals surface area contributed by atoms with Gasteiger partial charge in [0, 0.05) is 12.5 Å². The van der Waals surface area contributed by atoms with Crippen LogP contribution in [0.4, 0.5) is 0 Å². The lowest BCUT2D eigenvalue weighted by Gasteiger charge is -2.17. The maximum Gasteiger partial charge on any atom is 0.332 e. The highest BCUT2D eigenvalue weighted by atomic mass is 32.2. The van der Waals surface area contributed by atoms with Crippen LogP contribution in [-0.4, -0.2) is 31.8 Å². The van der Waals surface area contributed by atoms with Gasteiger partial charge in [-0.05, 0) is 55.3 Å². The third-order valence-corrected chi connectivity index (χ3v) is 7.89. The van der Waals surface area contributed by atoms with Crippen molar-refractivity contribution in [2.75, 3.05) is 6.61 Å². The molecule has 1 heterocycles. The summed E-state index contributed by atoms with van der Waals surface area (Å²) in [6.07, 6.45) is 0.291. The van der Waals surface area contributed by atoms with Crippen molar-refractivity contribution in [1.82, 2.24) is 9.71 Å².